The third-order valence-electron chi connectivity index (χ3n) is 4.67. The molecule has 1 heterocycles. The van der Waals surface area contributed by atoms with Gasteiger partial charge in [0, 0.05) is 25.3 Å². The Balaban J connectivity index is 1.94. The number of carbonyl (C=O) groups is 1. The van der Waals surface area contributed by atoms with Crippen molar-refractivity contribution in [3.63, 3.8) is 0 Å². The number of anilines is 1. The van der Waals surface area contributed by atoms with Crippen LogP contribution in [0, 0.1) is 6.92 Å². The predicted octanol–water partition coefficient (Wildman–Crippen LogP) is 2.59. The van der Waals surface area contributed by atoms with Crippen LogP contribution in [-0.2, 0) is 14.1 Å². The van der Waals surface area contributed by atoms with E-state index in [0.29, 0.717) is 28.9 Å². The number of aromatic nitrogens is 2. The molecule has 3 rings (SSSR count). The Kier molecular flexibility index (Phi) is 5.35. The van der Waals surface area contributed by atoms with Crippen LogP contribution in [0.25, 0.3) is 11.0 Å². The van der Waals surface area contributed by atoms with Gasteiger partial charge in [-0.1, -0.05) is 6.92 Å². The molecule has 7 heteroatoms. The fourth-order valence-corrected chi connectivity index (χ4v) is 2.98. The summed E-state index contributed by atoms with van der Waals surface area (Å²) in [6.07, 6.45) is 0.914. The van der Waals surface area contributed by atoms with E-state index in [-0.39, 0.29) is 5.91 Å². The average Bonchev–Trinajstić information content (AvgIpc) is 2.70. The lowest BCUT2D eigenvalue weighted by atomic mass is 10.1. The van der Waals surface area contributed by atoms with E-state index in [4.69, 9.17) is 4.74 Å². The number of fused-ring (bicyclic) bond motifs is 1. The van der Waals surface area contributed by atoms with Crippen molar-refractivity contribution in [1.82, 2.24) is 9.13 Å². The van der Waals surface area contributed by atoms with Gasteiger partial charge in [-0.2, -0.15) is 0 Å². The minimum atomic E-state index is -0.612. The van der Waals surface area contributed by atoms with Crippen molar-refractivity contribution in [1.29, 1.82) is 0 Å². The van der Waals surface area contributed by atoms with Crippen molar-refractivity contribution in [2.24, 2.45) is 14.1 Å². The summed E-state index contributed by atoms with van der Waals surface area (Å²) in [6.45, 7) is 4.50. The predicted molar refractivity (Wildman–Crippen MR) is 109 cm³/mol. The first-order valence-electron chi connectivity index (χ1n) is 9.08. The van der Waals surface area contributed by atoms with Gasteiger partial charge in [-0.15, -0.1) is 0 Å². The molecule has 0 fully saturated rings. The molecular weight excluding hydrogens is 358 g/mol. The van der Waals surface area contributed by atoms with Crippen molar-refractivity contribution in [3.05, 3.63) is 68.2 Å². The lowest BCUT2D eigenvalue weighted by Crippen LogP contribution is -2.39. The van der Waals surface area contributed by atoms with Gasteiger partial charge in [0.2, 0.25) is 0 Å². The second kappa shape index (κ2) is 7.72. The zero-order valence-corrected chi connectivity index (χ0v) is 16.4. The van der Waals surface area contributed by atoms with Crippen molar-refractivity contribution in [2.75, 3.05) is 11.9 Å². The topological polar surface area (TPSA) is 82.3 Å². The number of carbonyl (C=O) groups excluding carboxylic acids is 1. The molecule has 0 saturated heterocycles. The fourth-order valence-electron chi connectivity index (χ4n) is 2.98. The summed E-state index contributed by atoms with van der Waals surface area (Å²) in [5.74, 6) is 0.454. The van der Waals surface area contributed by atoms with Crippen LogP contribution in [0.2, 0.25) is 0 Å². The largest absolute Gasteiger partial charge is 0.494 e. The van der Waals surface area contributed by atoms with E-state index in [1.54, 1.807) is 50.5 Å². The van der Waals surface area contributed by atoms with Crippen LogP contribution in [0.1, 0.15) is 29.3 Å². The number of hydrogen-bond acceptors (Lipinski definition) is 4. The smallest absolute Gasteiger partial charge is 0.316 e. The second-order valence-electron chi connectivity index (χ2n) is 6.71. The van der Waals surface area contributed by atoms with Crippen molar-refractivity contribution >= 4 is 22.6 Å². The molecular formula is C21H23N3O4. The molecule has 0 atom stereocenters. The Morgan fingerprint density at radius 2 is 1.57 bits per heavy atom. The van der Waals surface area contributed by atoms with E-state index < -0.39 is 11.1 Å². The molecule has 28 heavy (non-hydrogen) atoms. The Labute approximate surface area is 162 Å². The average molecular weight is 381 g/mol. The first-order valence-corrected chi connectivity index (χ1v) is 9.08. The molecule has 146 valence electrons. The summed E-state index contributed by atoms with van der Waals surface area (Å²) in [7, 11) is 3.11. The maximum atomic E-state index is 12.6. The summed E-state index contributed by atoms with van der Waals surface area (Å²) in [4.78, 5) is 36.7. The van der Waals surface area contributed by atoms with Gasteiger partial charge in [0.05, 0.1) is 17.6 Å². The molecule has 1 aromatic heterocycles. The number of aryl methyl sites for hydroxylation is 3. The number of amides is 1. The summed E-state index contributed by atoms with van der Waals surface area (Å²) in [6, 6.07) is 10.4. The summed E-state index contributed by atoms with van der Waals surface area (Å²) >= 11 is 0. The highest BCUT2D eigenvalue weighted by Crippen LogP contribution is 2.23. The molecule has 0 unspecified atom stereocenters. The van der Waals surface area contributed by atoms with Gasteiger partial charge < -0.3 is 19.2 Å². The van der Waals surface area contributed by atoms with Gasteiger partial charge in [-0.05, 0) is 55.3 Å². The number of nitrogens with one attached hydrogen (secondary N) is 1. The normalized spacial score (nSPS) is 10.9. The zero-order chi connectivity index (χ0) is 20.4. The van der Waals surface area contributed by atoms with Gasteiger partial charge in [-0.3, -0.25) is 14.4 Å². The Morgan fingerprint density at radius 1 is 1.00 bits per heavy atom. The second-order valence-corrected chi connectivity index (χ2v) is 6.71. The lowest BCUT2D eigenvalue weighted by molar-refractivity contribution is 0.102. The molecule has 0 aliphatic heterocycles. The summed E-state index contributed by atoms with van der Waals surface area (Å²) < 4.78 is 8.15. The quantitative estimate of drug-likeness (QED) is 0.689. The number of benzene rings is 2. The van der Waals surface area contributed by atoms with Gasteiger partial charge in [-0.25, -0.2) is 0 Å². The molecule has 0 aliphatic carbocycles. The Morgan fingerprint density at radius 3 is 2.14 bits per heavy atom. The molecule has 1 amide bonds. The van der Waals surface area contributed by atoms with E-state index >= 15 is 0 Å². The van der Waals surface area contributed by atoms with Crippen molar-refractivity contribution in [2.45, 2.75) is 20.3 Å². The van der Waals surface area contributed by atoms with Crippen LogP contribution < -0.4 is 21.2 Å². The van der Waals surface area contributed by atoms with E-state index in [9.17, 15) is 14.4 Å². The molecule has 2 aromatic carbocycles. The maximum absolute atomic E-state index is 12.6. The van der Waals surface area contributed by atoms with Crippen molar-refractivity contribution in [3.8, 4) is 5.75 Å². The number of hydrogen-bond donors (Lipinski definition) is 1. The highest BCUT2D eigenvalue weighted by Gasteiger charge is 2.13. The Hall–Kier alpha value is -3.35. The minimum Gasteiger partial charge on any atom is -0.494 e. The van der Waals surface area contributed by atoms with Gasteiger partial charge in [0.1, 0.15) is 5.75 Å². The third kappa shape index (κ3) is 3.55. The highest BCUT2D eigenvalue weighted by atomic mass is 16.5. The van der Waals surface area contributed by atoms with Crippen LogP contribution in [0.5, 0.6) is 5.75 Å². The van der Waals surface area contributed by atoms with Crippen LogP contribution in [0.15, 0.2) is 46.0 Å². The molecule has 0 saturated carbocycles. The maximum Gasteiger partial charge on any atom is 0.316 e. The van der Waals surface area contributed by atoms with Gasteiger partial charge >= 0.3 is 11.1 Å². The third-order valence-corrected chi connectivity index (χ3v) is 4.67. The van der Waals surface area contributed by atoms with Crippen molar-refractivity contribution < 1.29 is 9.53 Å². The molecule has 0 bridgehead atoms. The monoisotopic (exact) mass is 381 g/mol. The van der Waals surface area contributed by atoms with Gasteiger partial charge in [0.15, 0.2) is 0 Å². The Bertz CT molecular complexity index is 1160. The standard InChI is InChI=1S/C21H23N3O4/c1-5-10-28-15-8-6-14(7-9-15)19(25)22-16-12-18-17(11-13(16)2)23(3)20(26)21(27)24(18)4/h6-9,11-12H,5,10H2,1-4H3,(H,22,25). The molecule has 0 aliphatic rings. The highest BCUT2D eigenvalue weighted by molar-refractivity contribution is 6.05. The molecule has 0 spiro atoms. The van der Waals surface area contributed by atoms with E-state index in [1.165, 1.54) is 9.13 Å². The molecule has 7 nitrogen and oxygen atoms in total. The van der Waals surface area contributed by atoms with E-state index in [1.807, 2.05) is 13.8 Å². The molecule has 0 radical (unpaired) electrons. The molecule has 1 N–H and O–H groups in total. The van der Waals surface area contributed by atoms with Crippen LogP contribution in [-0.4, -0.2) is 21.6 Å². The van der Waals surface area contributed by atoms with Gasteiger partial charge in [0.25, 0.3) is 5.91 Å². The van der Waals surface area contributed by atoms with Crippen LogP contribution in [0.4, 0.5) is 5.69 Å². The number of rotatable bonds is 5. The van der Waals surface area contributed by atoms with Crippen LogP contribution >= 0.6 is 0 Å². The fraction of sp³-hybridized carbons (Fsp3) is 0.286. The lowest BCUT2D eigenvalue weighted by Gasteiger charge is -2.14. The van der Waals surface area contributed by atoms with Crippen LogP contribution in [0.3, 0.4) is 0 Å². The van der Waals surface area contributed by atoms with E-state index in [0.717, 1.165) is 17.7 Å². The first kappa shape index (κ1) is 19.4. The summed E-state index contributed by atoms with van der Waals surface area (Å²) in [5, 5.41) is 2.88. The minimum absolute atomic E-state index is 0.265. The number of nitrogens with zero attached hydrogens (tertiary/aromatic N) is 2. The first-order chi connectivity index (χ1) is 13.3. The van der Waals surface area contributed by atoms with E-state index in [2.05, 4.69) is 5.32 Å². The SMILES string of the molecule is CCCOc1ccc(C(=O)Nc2cc3c(cc2C)n(C)c(=O)c(=O)n3C)cc1. The zero-order valence-electron chi connectivity index (χ0n) is 16.4. The summed E-state index contributed by atoms with van der Waals surface area (Å²) in [5.41, 5.74) is 1.86. The number of ether oxygens (including phenoxy) is 1. The molecule has 3 aromatic rings.